The number of nitrogens with two attached hydrogens (primary N) is 1. The largest absolute Gasteiger partial charge is 0.476 e. The zero-order valence-corrected chi connectivity index (χ0v) is 11.1. The van der Waals surface area contributed by atoms with Crippen molar-refractivity contribution in [2.24, 2.45) is 5.84 Å². The van der Waals surface area contributed by atoms with Gasteiger partial charge in [0.1, 0.15) is 18.2 Å². The molecular weight excluding hydrogens is 218 g/mol. The monoisotopic (exact) mass is 239 g/mol. The maximum atomic E-state index is 5.67. The number of hydrazine groups is 1. The Morgan fingerprint density at radius 1 is 1.41 bits per heavy atom. The molecule has 0 aliphatic heterocycles. The normalized spacial score (nSPS) is 11.7. The molecule has 0 aliphatic carbocycles. The summed E-state index contributed by atoms with van der Waals surface area (Å²) in [6.45, 7) is 6.54. The maximum absolute atomic E-state index is 5.67. The van der Waals surface area contributed by atoms with E-state index in [-0.39, 0.29) is 5.54 Å². The average molecular weight is 239 g/mol. The maximum Gasteiger partial charge on any atom is 0.218 e. The number of hydrogen-bond donors (Lipinski definition) is 2. The molecule has 0 unspecified atom stereocenters. The molecule has 0 bridgehead atoms. The van der Waals surface area contributed by atoms with Crippen molar-refractivity contribution in [2.75, 3.05) is 26.1 Å². The highest BCUT2D eigenvalue weighted by Gasteiger charge is 2.21. The van der Waals surface area contributed by atoms with Gasteiger partial charge in [-0.2, -0.15) is 4.98 Å². The smallest absolute Gasteiger partial charge is 0.218 e. The molecule has 6 nitrogen and oxygen atoms in total. The van der Waals surface area contributed by atoms with Crippen molar-refractivity contribution in [3.63, 3.8) is 0 Å². The lowest BCUT2D eigenvalue weighted by molar-refractivity contribution is 0.111. The molecule has 0 saturated carbocycles. The lowest BCUT2D eigenvalue weighted by atomic mass is 10.1. The van der Waals surface area contributed by atoms with Crippen LogP contribution < -0.4 is 16.0 Å². The average Bonchev–Trinajstić information content (AvgIpc) is 2.25. The van der Waals surface area contributed by atoms with E-state index in [4.69, 9.17) is 10.6 Å². The molecule has 0 amide bonds. The van der Waals surface area contributed by atoms with Crippen molar-refractivity contribution in [3.8, 4) is 5.88 Å². The summed E-state index contributed by atoms with van der Waals surface area (Å²) in [5.74, 6) is 7.02. The zero-order valence-electron chi connectivity index (χ0n) is 11.1. The minimum absolute atomic E-state index is 0.0604. The van der Waals surface area contributed by atoms with Gasteiger partial charge in [-0.15, -0.1) is 0 Å². The van der Waals surface area contributed by atoms with Crippen molar-refractivity contribution >= 4 is 5.82 Å². The van der Waals surface area contributed by atoms with Gasteiger partial charge in [-0.25, -0.2) is 10.8 Å². The standard InChI is InChI=1S/C11H21N5O/c1-8-13-9(15-12)6-10(14-8)17-7-11(2,3)16(4)5/h6H,7,12H2,1-5H3,(H,13,14,15). The van der Waals surface area contributed by atoms with Crippen LogP contribution in [0.1, 0.15) is 19.7 Å². The molecule has 0 saturated heterocycles. The van der Waals surface area contributed by atoms with Crippen molar-refractivity contribution in [2.45, 2.75) is 26.3 Å². The minimum atomic E-state index is -0.0604. The third-order valence-electron chi connectivity index (χ3n) is 2.75. The fourth-order valence-corrected chi connectivity index (χ4v) is 1.07. The van der Waals surface area contributed by atoms with E-state index in [2.05, 4.69) is 34.1 Å². The second-order valence-electron chi connectivity index (χ2n) is 4.78. The molecule has 1 aromatic heterocycles. The Kier molecular flexibility index (Phi) is 4.25. The minimum Gasteiger partial charge on any atom is -0.476 e. The van der Waals surface area contributed by atoms with E-state index in [9.17, 15) is 0 Å². The molecule has 17 heavy (non-hydrogen) atoms. The first-order chi connectivity index (χ1) is 7.85. The summed E-state index contributed by atoms with van der Waals surface area (Å²) in [5, 5.41) is 0. The number of ether oxygens (including phenoxy) is 1. The van der Waals surface area contributed by atoms with Crippen molar-refractivity contribution in [3.05, 3.63) is 11.9 Å². The number of likely N-dealkylation sites (N-methyl/N-ethyl adjacent to an activating group) is 1. The second-order valence-corrected chi connectivity index (χ2v) is 4.78. The van der Waals surface area contributed by atoms with Crippen LogP contribution >= 0.6 is 0 Å². The summed E-state index contributed by atoms with van der Waals surface area (Å²) in [6, 6.07) is 1.68. The molecule has 0 spiro atoms. The van der Waals surface area contributed by atoms with Gasteiger partial charge in [-0.3, -0.25) is 0 Å². The van der Waals surface area contributed by atoms with Crippen molar-refractivity contribution in [1.82, 2.24) is 14.9 Å². The molecule has 0 aromatic carbocycles. The highest BCUT2D eigenvalue weighted by molar-refractivity contribution is 5.36. The SMILES string of the molecule is Cc1nc(NN)cc(OCC(C)(C)N(C)C)n1. The highest BCUT2D eigenvalue weighted by Crippen LogP contribution is 2.16. The van der Waals surface area contributed by atoms with E-state index in [1.54, 1.807) is 13.0 Å². The van der Waals surface area contributed by atoms with Crippen LogP contribution in [0.2, 0.25) is 0 Å². The van der Waals surface area contributed by atoms with Gasteiger partial charge in [0.15, 0.2) is 0 Å². The number of rotatable bonds is 5. The Balaban J connectivity index is 2.72. The molecule has 0 atom stereocenters. The van der Waals surface area contributed by atoms with Crippen LogP contribution in [-0.2, 0) is 0 Å². The summed E-state index contributed by atoms with van der Waals surface area (Å²) in [7, 11) is 4.03. The quantitative estimate of drug-likeness (QED) is 0.584. The van der Waals surface area contributed by atoms with Crippen molar-refractivity contribution < 1.29 is 4.74 Å². The first kappa shape index (κ1) is 13.7. The van der Waals surface area contributed by atoms with Crippen LogP contribution in [0.15, 0.2) is 6.07 Å². The fraction of sp³-hybridized carbons (Fsp3) is 0.636. The number of aryl methyl sites for hydroxylation is 1. The van der Waals surface area contributed by atoms with Crippen LogP contribution in [-0.4, -0.2) is 41.1 Å². The van der Waals surface area contributed by atoms with Crippen LogP contribution in [0.5, 0.6) is 5.88 Å². The Morgan fingerprint density at radius 3 is 2.59 bits per heavy atom. The predicted octanol–water partition coefficient (Wildman–Crippen LogP) is 0.790. The Morgan fingerprint density at radius 2 is 2.06 bits per heavy atom. The Labute approximate surface area is 102 Å². The molecule has 0 fully saturated rings. The number of aromatic nitrogens is 2. The van der Waals surface area contributed by atoms with E-state index < -0.39 is 0 Å². The first-order valence-corrected chi connectivity index (χ1v) is 5.47. The van der Waals surface area contributed by atoms with Crippen molar-refractivity contribution in [1.29, 1.82) is 0 Å². The number of hydrogen-bond acceptors (Lipinski definition) is 6. The molecule has 1 rings (SSSR count). The lowest BCUT2D eigenvalue weighted by Crippen LogP contribution is -2.43. The van der Waals surface area contributed by atoms with E-state index in [1.165, 1.54) is 0 Å². The summed E-state index contributed by atoms with van der Waals surface area (Å²) in [5.41, 5.74) is 2.43. The van der Waals surface area contributed by atoms with Gasteiger partial charge in [-0.05, 0) is 34.9 Å². The second kappa shape index (κ2) is 5.29. The van der Waals surface area contributed by atoms with E-state index in [0.717, 1.165) is 0 Å². The van der Waals surface area contributed by atoms with Gasteiger partial charge in [0.2, 0.25) is 5.88 Å². The van der Waals surface area contributed by atoms with Crippen LogP contribution in [0, 0.1) is 6.92 Å². The number of anilines is 1. The zero-order chi connectivity index (χ0) is 13.1. The molecule has 1 aromatic rings. The van der Waals surface area contributed by atoms with Gasteiger partial charge in [0.05, 0.1) is 0 Å². The van der Waals surface area contributed by atoms with Gasteiger partial charge < -0.3 is 15.1 Å². The highest BCUT2D eigenvalue weighted by atomic mass is 16.5. The molecule has 96 valence electrons. The molecule has 3 N–H and O–H groups in total. The third-order valence-corrected chi connectivity index (χ3v) is 2.75. The van der Waals surface area contributed by atoms with Gasteiger partial charge >= 0.3 is 0 Å². The van der Waals surface area contributed by atoms with E-state index in [1.807, 2.05) is 14.1 Å². The number of nitrogen functional groups attached to an aromatic ring is 1. The summed E-state index contributed by atoms with van der Waals surface area (Å²) < 4.78 is 5.67. The predicted molar refractivity (Wildman–Crippen MR) is 67.8 cm³/mol. The Bertz CT molecular complexity index is 378. The molecule has 0 aliphatic rings. The van der Waals surface area contributed by atoms with E-state index in [0.29, 0.717) is 24.1 Å². The van der Waals surface area contributed by atoms with Gasteiger partial charge in [0, 0.05) is 11.6 Å². The summed E-state index contributed by atoms with van der Waals surface area (Å²) >= 11 is 0. The number of nitrogens with zero attached hydrogens (tertiary/aromatic N) is 3. The topological polar surface area (TPSA) is 76.3 Å². The summed E-state index contributed by atoms with van der Waals surface area (Å²) in [6.07, 6.45) is 0. The fourth-order valence-electron chi connectivity index (χ4n) is 1.07. The molecular formula is C11H21N5O. The van der Waals surface area contributed by atoms with Crippen LogP contribution in [0.4, 0.5) is 5.82 Å². The summed E-state index contributed by atoms with van der Waals surface area (Å²) in [4.78, 5) is 10.4. The Hall–Kier alpha value is -1.40. The van der Waals surface area contributed by atoms with Crippen LogP contribution in [0.25, 0.3) is 0 Å². The molecule has 6 heteroatoms. The molecule has 1 heterocycles. The van der Waals surface area contributed by atoms with Crippen LogP contribution in [0.3, 0.4) is 0 Å². The lowest BCUT2D eigenvalue weighted by Gasteiger charge is -2.31. The van der Waals surface area contributed by atoms with E-state index >= 15 is 0 Å². The first-order valence-electron chi connectivity index (χ1n) is 5.47. The molecule has 0 radical (unpaired) electrons. The van der Waals surface area contributed by atoms with Gasteiger partial charge in [-0.1, -0.05) is 0 Å². The number of nitrogens with one attached hydrogen (secondary N) is 1. The third kappa shape index (κ3) is 3.83. The van der Waals surface area contributed by atoms with Gasteiger partial charge in [0.25, 0.3) is 0 Å².